The van der Waals surface area contributed by atoms with E-state index >= 15 is 0 Å². The molecule has 1 atom stereocenters. The lowest BCUT2D eigenvalue weighted by molar-refractivity contribution is -0.139. The summed E-state index contributed by atoms with van der Waals surface area (Å²) in [6.07, 6.45) is 2.72. The van der Waals surface area contributed by atoms with Gasteiger partial charge < -0.3 is 9.84 Å². The van der Waals surface area contributed by atoms with E-state index in [9.17, 15) is 13.2 Å². The minimum Gasteiger partial charge on any atom is -0.481 e. The first-order valence-electron chi connectivity index (χ1n) is 9.47. The third kappa shape index (κ3) is 4.74. The Balaban J connectivity index is 2.06. The van der Waals surface area contributed by atoms with E-state index in [1.54, 1.807) is 40.7 Å². The summed E-state index contributed by atoms with van der Waals surface area (Å²) in [5.74, 6) is -0.765. The second kappa shape index (κ2) is 8.73. The number of benzene rings is 2. The number of aryl methyl sites for hydroxylation is 1. The number of rotatable bonds is 6. The van der Waals surface area contributed by atoms with Crippen LogP contribution in [0.3, 0.4) is 0 Å². The molecule has 1 heterocycles. The average Bonchev–Trinajstić information content (AvgIpc) is 2.67. The highest BCUT2D eigenvalue weighted by molar-refractivity contribution is 7.89. The fourth-order valence-corrected chi connectivity index (χ4v) is 5.49. The molecular formula is C21H24ClNO5S. The summed E-state index contributed by atoms with van der Waals surface area (Å²) in [6.45, 7) is 3.80. The minimum atomic E-state index is -3.64. The molecule has 0 saturated carbocycles. The third-order valence-corrected chi connectivity index (χ3v) is 7.39. The van der Waals surface area contributed by atoms with Crippen LogP contribution in [0.1, 0.15) is 31.7 Å². The van der Waals surface area contributed by atoms with Crippen molar-refractivity contribution in [2.45, 2.75) is 44.0 Å². The topological polar surface area (TPSA) is 83.9 Å². The Kier molecular flexibility index (Phi) is 6.51. The molecule has 1 saturated heterocycles. The Hall–Kier alpha value is -2.09. The number of hydrogen-bond donors (Lipinski definition) is 1. The number of carboxylic acid groups (broad SMARTS) is 1. The molecule has 1 fully saturated rings. The number of aliphatic carboxylic acids is 1. The van der Waals surface area contributed by atoms with Gasteiger partial charge in [0.2, 0.25) is 10.0 Å². The molecule has 0 aromatic heterocycles. The van der Waals surface area contributed by atoms with Gasteiger partial charge >= 0.3 is 5.97 Å². The van der Waals surface area contributed by atoms with Crippen molar-refractivity contribution < 1.29 is 23.1 Å². The number of piperidine rings is 1. The monoisotopic (exact) mass is 437 g/mol. The molecule has 0 spiro atoms. The molecule has 8 heteroatoms. The molecule has 156 valence electrons. The van der Waals surface area contributed by atoms with Crippen molar-refractivity contribution in [2.75, 3.05) is 13.2 Å². The van der Waals surface area contributed by atoms with E-state index in [4.69, 9.17) is 21.4 Å². The van der Waals surface area contributed by atoms with Crippen molar-refractivity contribution in [1.82, 2.24) is 4.31 Å². The Labute approximate surface area is 176 Å². The maximum atomic E-state index is 13.3. The summed E-state index contributed by atoms with van der Waals surface area (Å²) < 4.78 is 33.5. The highest BCUT2D eigenvalue weighted by atomic mass is 35.5. The zero-order valence-corrected chi connectivity index (χ0v) is 18.0. The van der Waals surface area contributed by atoms with Crippen LogP contribution in [-0.2, 0) is 14.8 Å². The second-order valence-electron chi connectivity index (χ2n) is 7.26. The molecule has 0 aliphatic carbocycles. The van der Waals surface area contributed by atoms with Crippen LogP contribution in [0.15, 0.2) is 41.3 Å². The standard InChI is InChI=1S/C21H24ClNO5S/c1-14-6-8-17(29(26,27)23-10-4-3-5-15(23)2)12-18(14)19-11-16(22)7-9-20(19)28-13-21(24)25/h6-9,11-12,15H,3-5,10,13H2,1-2H3,(H,24,25). The Morgan fingerprint density at radius 2 is 1.97 bits per heavy atom. The van der Waals surface area contributed by atoms with Crippen LogP contribution < -0.4 is 4.74 Å². The average molecular weight is 438 g/mol. The summed E-state index contributed by atoms with van der Waals surface area (Å²) in [6, 6.07) is 9.78. The van der Waals surface area contributed by atoms with Gasteiger partial charge in [-0.15, -0.1) is 0 Å². The SMILES string of the molecule is Cc1ccc(S(=O)(=O)N2CCCCC2C)cc1-c1cc(Cl)ccc1OCC(=O)O. The number of hydrogen-bond acceptors (Lipinski definition) is 4. The normalized spacial score (nSPS) is 17.8. The molecule has 1 aliphatic heterocycles. The second-order valence-corrected chi connectivity index (χ2v) is 9.59. The van der Waals surface area contributed by atoms with Gasteiger partial charge in [-0.2, -0.15) is 4.31 Å². The number of ether oxygens (including phenoxy) is 1. The van der Waals surface area contributed by atoms with Gasteiger partial charge in [-0.05, 0) is 68.1 Å². The molecule has 2 aromatic rings. The van der Waals surface area contributed by atoms with Crippen LogP contribution in [0.25, 0.3) is 11.1 Å². The van der Waals surface area contributed by atoms with Gasteiger partial charge in [-0.25, -0.2) is 13.2 Å². The number of nitrogens with zero attached hydrogens (tertiary/aromatic N) is 1. The molecule has 0 bridgehead atoms. The minimum absolute atomic E-state index is 0.0425. The number of halogens is 1. The van der Waals surface area contributed by atoms with Crippen LogP contribution in [0.2, 0.25) is 5.02 Å². The van der Waals surface area contributed by atoms with Crippen molar-refractivity contribution in [3.8, 4) is 16.9 Å². The summed E-state index contributed by atoms with van der Waals surface area (Å²) in [5, 5.41) is 9.37. The summed E-state index contributed by atoms with van der Waals surface area (Å²) in [7, 11) is -3.64. The molecule has 0 amide bonds. The van der Waals surface area contributed by atoms with E-state index in [0.717, 1.165) is 24.8 Å². The summed E-state index contributed by atoms with van der Waals surface area (Å²) in [5.41, 5.74) is 2.02. The van der Waals surface area contributed by atoms with E-state index < -0.39 is 22.6 Å². The van der Waals surface area contributed by atoms with Gasteiger partial charge in [-0.3, -0.25) is 0 Å². The lowest BCUT2D eigenvalue weighted by Crippen LogP contribution is -2.41. The lowest BCUT2D eigenvalue weighted by Gasteiger charge is -2.32. The van der Waals surface area contributed by atoms with E-state index in [1.807, 2.05) is 13.8 Å². The fourth-order valence-electron chi connectivity index (χ4n) is 3.59. The summed E-state index contributed by atoms with van der Waals surface area (Å²) in [4.78, 5) is 11.1. The maximum absolute atomic E-state index is 13.3. The van der Waals surface area contributed by atoms with Crippen LogP contribution in [0, 0.1) is 6.92 Å². The van der Waals surface area contributed by atoms with Crippen molar-refractivity contribution >= 4 is 27.6 Å². The molecule has 1 N–H and O–H groups in total. The predicted molar refractivity (Wildman–Crippen MR) is 112 cm³/mol. The summed E-state index contributed by atoms with van der Waals surface area (Å²) >= 11 is 6.15. The van der Waals surface area contributed by atoms with Crippen LogP contribution >= 0.6 is 11.6 Å². The van der Waals surface area contributed by atoms with Crippen molar-refractivity contribution in [2.24, 2.45) is 0 Å². The van der Waals surface area contributed by atoms with Gasteiger partial charge in [0.25, 0.3) is 0 Å². The highest BCUT2D eigenvalue weighted by Crippen LogP contribution is 2.37. The Bertz CT molecular complexity index is 1020. The lowest BCUT2D eigenvalue weighted by atomic mass is 10.00. The molecule has 1 aliphatic rings. The molecule has 3 rings (SSSR count). The zero-order chi connectivity index (χ0) is 21.2. The number of carboxylic acids is 1. The van der Waals surface area contributed by atoms with Crippen molar-refractivity contribution in [3.63, 3.8) is 0 Å². The van der Waals surface area contributed by atoms with Crippen molar-refractivity contribution in [3.05, 3.63) is 47.0 Å². The predicted octanol–water partition coefficient (Wildman–Crippen LogP) is 4.34. The fraction of sp³-hybridized carbons (Fsp3) is 0.381. The first-order valence-corrected chi connectivity index (χ1v) is 11.3. The highest BCUT2D eigenvalue weighted by Gasteiger charge is 2.31. The van der Waals surface area contributed by atoms with Gasteiger partial charge in [0.1, 0.15) is 5.75 Å². The Morgan fingerprint density at radius 3 is 2.66 bits per heavy atom. The van der Waals surface area contributed by atoms with Crippen LogP contribution in [0.4, 0.5) is 0 Å². The van der Waals surface area contributed by atoms with E-state index in [1.165, 1.54) is 0 Å². The van der Waals surface area contributed by atoms with Gasteiger partial charge in [0.15, 0.2) is 6.61 Å². The molecule has 0 radical (unpaired) electrons. The van der Waals surface area contributed by atoms with E-state index in [0.29, 0.717) is 28.4 Å². The third-order valence-electron chi connectivity index (χ3n) is 5.14. The number of carbonyl (C=O) groups is 1. The van der Waals surface area contributed by atoms with Gasteiger partial charge in [0.05, 0.1) is 4.90 Å². The first kappa shape index (κ1) is 21.6. The van der Waals surface area contributed by atoms with E-state index in [2.05, 4.69) is 0 Å². The first-order chi connectivity index (χ1) is 13.7. The largest absolute Gasteiger partial charge is 0.481 e. The van der Waals surface area contributed by atoms with E-state index in [-0.39, 0.29) is 10.9 Å². The Morgan fingerprint density at radius 1 is 1.21 bits per heavy atom. The number of sulfonamides is 1. The van der Waals surface area contributed by atoms with Gasteiger partial charge in [0, 0.05) is 23.2 Å². The molecule has 1 unspecified atom stereocenters. The maximum Gasteiger partial charge on any atom is 0.341 e. The molecule has 29 heavy (non-hydrogen) atoms. The molecule has 6 nitrogen and oxygen atoms in total. The smallest absolute Gasteiger partial charge is 0.341 e. The van der Waals surface area contributed by atoms with Crippen LogP contribution in [-0.4, -0.2) is 43.0 Å². The molecular weight excluding hydrogens is 414 g/mol. The van der Waals surface area contributed by atoms with Crippen LogP contribution in [0.5, 0.6) is 5.75 Å². The van der Waals surface area contributed by atoms with Gasteiger partial charge in [-0.1, -0.05) is 24.1 Å². The zero-order valence-electron chi connectivity index (χ0n) is 16.4. The molecule has 2 aromatic carbocycles. The van der Waals surface area contributed by atoms with Crippen molar-refractivity contribution in [1.29, 1.82) is 0 Å². The quantitative estimate of drug-likeness (QED) is 0.726.